The summed E-state index contributed by atoms with van der Waals surface area (Å²) in [6.45, 7) is -0.463. The summed E-state index contributed by atoms with van der Waals surface area (Å²) in [4.78, 5) is 18.2. The molecule has 6 nitrogen and oxygen atoms in total. The standard InChI is InChI=1S/C18H12BrN3O3/c19-13-5-6-16(25-10-17(23)24)11(8-13)7-12(9-20)18-21-14-3-1-2-4-15(14)22-18/h1-8H,10H2,(H,21,22)(H,23,24)/b12-7+. The number of hydrogen-bond acceptors (Lipinski definition) is 4. The second-order valence-corrected chi connectivity index (χ2v) is 6.05. The highest BCUT2D eigenvalue weighted by molar-refractivity contribution is 9.10. The first-order valence-corrected chi connectivity index (χ1v) is 8.07. The predicted octanol–water partition coefficient (Wildman–Crippen LogP) is 3.85. The Kier molecular flexibility index (Phi) is 4.82. The molecule has 3 rings (SSSR count). The number of halogens is 1. The molecule has 0 saturated heterocycles. The van der Waals surface area contributed by atoms with Crippen molar-refractivity contribution in [2.24, 2.45) is 0 Å². The topological polar surface area (TPSA) is 99.0 Å². The molecule has 0 amide bonds. The summed E-state index contributed by atoms with van der Waals surface area (Å²) < 4.78 is 6.07. The maximum atomic E-state index is 10.7. The van der Waals surface area contributed by atoms with Gasteiger partial charge in [0.05, 0.1) is 16.6 Å². The van der Waals surface area contributed by atoms with E-state index in [2.05, 4.69) is 32.0 Å². The highest BCUT2D eigenvalue weighted by atomic mass is 79.9. The molecule has 0 fully saturated rings. The largest absolute Gasteiger partial charge is 0.481 e. The first-order chi connectivity index (χ1) is 12.1. The molecule has 3 aromatic rings. The maximum absolute atomic E-state index is 10.7. The summed E-state index contributed by atoms with van der Waals surface area (Å²) in [6, 6.07) is 14.7. The van der Waals surface area contributed by atoms with E-state index in [1.807, 2.05) is 24.3 Å². The number of carboxylic acids is 1. The van der Waals surface area contributed by atoms with Crippen molar-refractivity contribution in [3.05, 3.63) is 58.3 Å². The molecule has 0 radical (unpaired) electrons. The van der Waals surface area contributed by atoms with Crippen LogP contribution in [0.4, 0.5) is 0 Å². The number of nitriles is 1. The molecule has 0 aliphatic rings. The number of imidazole rings is 1. The summed E-state index contributed by atoms with van der Waals surface area (Å²) in [5.74, 6) is -0.266. The van der Waals surface area contributed by atoms with Crippen LogP contribution in [0.3, 0.4) is 0 Å². The molecular weight excluding hydrogens is 386 g/mol. The lowest BCUT2D eigenvalue weighted by atomic mass is 10.1. The fourth-order valence-corrected chi connectivity index (χ4v) is 2.67. The van der Waals surface area contributed by atoms with Gasteiger partial charge in [-0.1, -0.05) is 28.1 Å². The number of fused-ring (bicyclic) bond motifs is 1. The third-order valence-electron chi connectivity index (χ3n) is 3.39. The Labute approximate surface area is 151 Å². The van der Waals surface area contributed by atoms with Crippen LogP contribution in [0.25, 0.3) is 22.7 Å². The van der Waals surface area contributed by atoms with Crippen LogP contribution in [-0.2, 0) is 4.79 Å². The minimum atomic E-state index is -1.07. The number of para-hydroxylation sites is 2. The van der Waals surface area contributed by atoms with Crippen molar-refractivity contribution in [3.63, 3.8) is 0 Å². The van der Waals surface area contributed by atoms with Crippen molar-refractivity contribution in [3.8, 4) is 11.8 Å². The van der Waals surface area contributed by atoms with Gasteiger partial charge in [-0.15, -0.1) is 0 Å². The molecule has 0 atom stereocenters. The fraction of sp³-hybridized carbons (Fsp3) is 0.0556. The number of nitrogens with one attached hydrogen (secondary N) is 1. The monoisotopic (exact) mass is 397 g/mol. The van der Waals surface area contributed by atoms with Crippen molar-refractivity contribution >= 4 is 44.6 Å². The van der Waals surface area contributed by atoms with Gasteiger partial charge in [0.25, 0.3) is 0 Å². The second-order valence-electron chi connectivity index (χ2n) is 5.14. The lowest BCUT2D eigenvalue weighted by Gasteiger charge is -2.08. The van der Waals surface area contributed by atoms with Crippen LogP contribution in [0.1, 0.15) is 11.4 Å². The number of benzene rings is 2. The highest BCUT2D eigenvalue weighted by Gasteiger charge is 2.11. The van der Waals surface area contributed by atoms with E-state index in [1.54, 1.807) is 24.3 Å². The molecule has 0 unspecified atom stereocenters. The van der Waals surface area contributed by atoms with Gasteiger partial charge >= 0.3 is 5.97 Å². The Morgan fingerprint density at radius 2 is 2.16 bits per heavy atom. The first-order valence-electron chi connectivity index (χ1n) is 7.28. The summed E-state index contributed by atoms with van der Waals surface area (Å²) in [5, 5.41) is 18.3. The third kappa shape index (κ3) is 3.87. The van der Waals surface area contributed by atoms with Crippen LogP contribution in [0.15, 0.2) is 46.9 Å². The number of aliphatic carboxylic acids is 1. The second kappa shape index (κ2) is 7.20. The fourth-order valence-electron chi connectivity index (χ4n) is 2.29. The van der Waals surface area contributed by atoms with Gasteiger partial charge in [-0.2, -0.15) is 5.26 Å². The molecule has 0 aliphatic heterocycles. The van der Waals surface area contributed by atoms with Gasteiger partial charge < -0.3 is 14.8 Å². The Morgan fingerprint density at radius 1 is 1.36 bits per heavy atom. The van der Waals surface area contributed by atoms with Crippen LogP contribution in [-0.4, -0.2) is 27.7 Å². The molecule has 1 heterocycles. The Bertz CT molecular complexity index is 985. The molecule has 7 heteroatoms. The van der Waals surface area contributed by atoms with Gasteiger partial charge in [-0.25, -0.2) is 9.78 Å². The van der Waals surface area contributed by atoms with E-state index in [1.165, 1.54) is 0 Å². The molecule has 2 N–H and O–H groups in total. The van der Waals surface area contributed by atoms with Crippen LogP contribution in [0.2, 0.25) is 0 Å². The minimum Gasteiger partial charge on any atom is -0.481 e. The van der Waals surface area contributed by atoms with Crippen LogP contribution >= 0.6 is 15.9 Å². The molecule has 0 aliphatic carbocycles. The highest BCUT2D eigenvalue weighted by Crippen LogP contribution is 2.28. The number of nitrogens with zero attached hydrogens (tertiary/aromatic N) is 2. The summed E-state index contributed by atoms with van der Waals surface area (Å²) in [7, 11) is 0. The van der Waals surface area contributed by atoms with Crippen molar-refractivity contribution in [1.82, 2.24) is 9.97 Å². The van der Waals surface area contributed by atoms with Crippen molar-refractivity contribution in [1.29, 1.82) is 5.26 Å². The Balaban J connectivity index is 2.03. The van der Waals surface area contributed by atoms with E-state index in [9.17, 15) is 10.1 Å². The number of rotatable bonds is 5. The van der Waals surface area contributed by atoms with Gasteiger partial charge in [-0.05, 0) is 36.4 Å². The maximum Gasteiger partial charge on any atom is 0.341 e. The number of H-pyrrole nitrogens is 1. The van der Waals surface area contributed by atoms with Crippen molar-refractivity contribution in [2.75, 3.05) is 6.61 Å². The smallest absolute Gasteiger partial charge is 0.341 e. The molecule has 124 valence electrons. The number of aromatic amines is 1. The van der Waals surface area contributed by atoms with Crippen molar-refractivity contribution in [2.45, 2.75) is 0 Å². The van der Waals surface area contributed by atoms with Crippen LogP contribution < -0.4 is 4.74 Å². The van der Waals surface area contributed by atoms with Gasteiger partial charge in [0, 0.05) is 10.0 Å². The normalized spacial score (nSPS) is 11.3. The SMILES string of the molecule is N#C/C(=C\c1cc(Br)ccc1OCC(=O)O)c1nc2ccccc2[nH]1. The molecule has 0 saturated carbocycles. The van der Waals surface area contributed by atoms with E-state index in [-0.39, 0.29) is 0 Å². The molecular formula is C18H12BrN3O3. The van der Waals surface area contributed by atoms with Crippen LogP contribution in [0.5, 0.6) is 5.75 Å². The van der Waals surface area contributed by atoms with Gasteiger partial charge in [0.2, 0.25) is 0 Å². The lowest BCUT2D eigenvalue weighted by Crippen LogP contribution is -2.10. The number of hydrogen-bond donors (Lipinski definition) is 2. The first kappa shape index (κ1) is 16.7. The molecule has 25 heavy (non-hydrogen) atoms. The van der Waals surface area contributed by atoms with E-state index < -0.39 is 12.6 Å². The Hall–Kier alpha value is -3.11. The zero-order chi connectivity index (χ0) is 17.8. The Morgan fingerprint density at radius 3 is 2.88 bits per heavy atom. The minimum absolute atomic E-state index is 0.314. The van der Waals surface area contributed by atoms with E-state index in [0.717, 1.165) is 15.5 Å². The number of aromatic nitrogens is 2. The lowest BCUT2D eigenvalue weighted by molar-refractivity contribution is -0.139. The van der Waals surface area contributed by atoms with E-state index in [0.29, 0.717) is 22.7 Å². The van der Waals surface area contributed by atoms with Gasteiger partial charge in [0.1, 0.15) is 17.6 Å². The number of carbonyl (C=O) groups is 1. The summed E-state index contributed by atoms with van der Waals surface area (Å²) in [5.41, 5.74) is 2.48. The number of ether oxygens (including phenoxy) is 1. The third-order valence-corrected chi connectivity index (χ3v) is 3.88. The van der Waals surface area contributed by atoms with Crippen LogP contribution in [0, 0.1) is 11.3 Å². The molecule has 0 bridgehead atoms. The zero-order valence-corrected chi connectivity index (χ0v) is 14.4. The molecule has 1 aromatic heterocycles. The quantitative estimate of drug-likeness (QED) is 0.636. The summed E-state index contributed by atoms with van der Waals surface area (Å²) >= 11 is 3.37. The summed E-state index contributed by atoms with van der Waals surface area (Å²) in [6.07, 6.45) is 1.61. The number of allylic oxidation sites excluding steroid dienone is 1. The molecule has 0 spiro atoms. The van der Waals surface area contributed by atoms with E-state index in [4.69, 9.17) is 9.84 Å². The van der Waals surface area contributed by atoms with Gasteiger partial charge in [-0.3, -0.25) is 0 Å². The zero-order valence-electron chi connectivity index (χ0n) is 12.9. The average Bonchev–Trinajstić information content (AvgIpc) is 3.02. The van der Waals surface area contributed by atoms with E-state index >= 15 is 0 Å². The predicted molar refractivity (Wildman–Crippen MR) is 96.9 cm³/mol. The van der Waals surface area contributed by atoms with Gasteiger partial charge in [0.15, 0.2) is 6.61 Å². The molecule has 2 aromatic carbocycles. The van der Waals surface area contributed by atoms with Crippen molar-refractivity contribution < 1.29 is 14.6 Å². The number of carboxylic acid groups (broad SMARTS) is 1. The average molecular weight is 398 g/mol.